The number of ether oxygens (including phenoxy) is 1. The Balaban J connectivity index is 2.05. The maximum Gasteiger partial charge on any atom is 0.303 e. The van der Waals surface area contributed by atoms with E-state index in [2.05, 4.69) is 25.4 Å². The minimum Gasteiger partial charge on any atom is -0.493 e. The van der Waals surface area contributed by atoms with Crippen LogP contribution in [0.3, 0.4) is 0 Å². The van der Waals surface area contributed by atoms with Crippen molar-refractivity contribution >= 4 is 29.2 Å². The Morgan fingerprint density at radius 2 is 2.00 bits per heavy atom. The summed E-state index contributed by atoms with van der Waals surface area (Å²) >= 11 is 0. The van der Waals surface area contributed by atoms with Crippen molar-refractivity contribution in [3.63, 3.8) is 0 Å². The van der Waals surface area contributed by atoms with Gasteiger partial charge < -0.3 is 9.64 Å². The van der Waals surface area contributed by atoms with Gasteiger partial charge >= 0.3 is 5.91 Å². The van der Waals surface area contributed by atoms with Gasteiger partial charge in [0.15, 0.2) is 5.84 Å². The lowest BCUT2D eigenvalue weighted by atomic mass is 10.1. The third-order valence-corrected chi connectivity index (χ3v) is 4.14. The molecule has 0 saturated heterocycles. The van der Waals surface area contributed by atoms with Gasteiger partial charge in [-0.3, -0.25) is 9.59 Å². The van der Waals surface area contributed by atoms with Crippen molar-refractivity contribution in [3.05, 3.63) is 29.3 Å². The Labute approximate surface area is 156 Å². The molecule has 140 valence electrons. The number of carbonyl (C=O) groups is 2. The molecule has 0 bridgehead atoms. The molecule has 0 N–H and O–H groups in total. The molecule has 9 heteroatoms. The van der Waals surface area contributed by atoms with Crippen molar-refractivity contribution < 1.29 is 14.3 Å². The molecule has 3 rings (SSSR count). The molecular weight excluding hydrogens is 348 g/mol. The monoisotopic (exact) mass is 368 g/mol. The van der Waals surface area contributed by atoms with Crippen LogP contribution in [0.2, 0.25) is 0 Å². The van der Waals surface area contributed by atoms with Crippen LogP contribution in [0.25, 0.3) is 0 Å². The summed E-state index contributed by atoms with van der Waals surface area (Å²) in [6.45, 7) is 6.33. The molecule has 9 nitrogen and oxygen atoms in total. The van der Waals surface area contributed by atoms with Crippen LogP contribution in [0, 0.1) is 0 Å². The predicted molar refractivity (Wildman–Crippen MR) is 101 cm³/mol. The third kappa shape index (κ3) is 3.67. The normalized spacial score (nSPS) is 15.3. The molecule has 1 aromatic carbocycles. The van der Waals surface area contributed by atoms with Crippen molar-refractivity contribution in [2.75, 3.05) is 13.7 Å². The van der Waals surface area contributed by atoms with Crippen LogP contribution in [-0.4, -0.2) is 53.8 Å². The summed E-state index contributed by atoms with van der Waals surface area (Å²) in [5, 5.41) is 10.8. The summed E-state index contributed by atoms with van der Waals surface area (Å²) < 4.78 is 5.76. The average molecular weight is 368 g/mol. The standard InChI is InChI=1S/C18H20N6O3/c1-5-8-27-13-7-6-11(18(26)24(4)10(2)3)9-12(13)15-19-16-14(17(25)20-15)21-23-22-16/h6-7,9-10H,5,8H2,1-4H3. The molecule has 0 saturated carbocycles. The van der Waals surface area contributed by atoms with E-state index in [1.54, 1.807) is 30.1 Å². The number of rotatable bonds is 6. The van der Waals surface area contributed by atoms with Crippen LogP contribution in [0.15, 0.2) is 43.6 Å². The molecule has 2 heterocycles. The number of carbonyl (C=O) groups excluding carboxylic acids is 2. The summed E-state index contributed by atoms with van der Waals surface area (Å²) in [4.78, 5) is 34.7. The van der Waals surface area contributed by atoms with Crippen molar-refractivity contribution in [2.45, 2.75) is 33.2 Å². The molecule has 0 unspecified atom stereocenters. The van der Waals surface area contributed by atoms with Gasteiger partial charge in [-0.2, -0.15) is 4.99 Å². The maximum absolute atomic E-state index is 12.7. The van der Waals surface area contributed by atoms with Crippen molar-refractivity contribution in [1.29, 1.82) is 0 Å². The molecule has 27 heavy (non-hydrogen) atoms. The predicted octanol–water partition coefficient (Wildman–Crippen LogP) is 2.46. The van der Waals surface area contributed by atoms with Gasteiger partial charge in [-0.1, -0.05) is 6.92 Å². The summed E-state index contributed by atoms with van der Waals surface area (Å²) in [5.74, 6) is 0.0148. The number of benzene rings is 1. The van der Waals surface area contributed by atoms with E-state index in [1.807, 2.05) is 20.8 Å². The first-order chi connectivity index (χ1) is 12.9. The van der Waals surface area contributed by atoms with Gasteiger partial charge in [-0.25, -0.2) is 4.99 Å². The first-order valence-electron chi connectivity index (χ1n) is 8.67. The van der Waals surface area contributed by atoms with Gasteiger partial charge in [0.2, 0.25) is 11.5 Å². The fourth-order valence-electron chi connectivity index (χ4n) is 2.42. The third-order valence-electron chi connectivity index (χ3n) is 4.14. The lowest BCUT2D eigenvalue weighted by Gasteiger charge is -2.22. The second kappa shape index (κ2) is 7.56. The fraction of sp³-hybridized carbons (Fsp3) is 0.389. The van der Waals surface area contributed by atoms with Gasteiger partial charge in [0.1, 0.15) is 5.75 Å². The first-order valence-corrected chi connectivity index (χ1v) is 8.67. The van der Waals surface area contributed by atoms with Gasteiger partial charge in [-0.15, -0.1) is 10.2 Å². The Kier molecular flexibility index (Phi) is 5.20. The highest BCUT2D eigenvalue weighted by molar-refractivity contribution is 6.69. The second-order valence-corrected chi connectivity index (χ2v) is 6.38. The topological polar surface area (TPSA) is 108 Å². The molecule has 1 aromatic rings. The molecule has 0 aliphatic carbocycles. The van der Waals surface area contributed by atoms with Crippen LogP contribution >= 0.6 is 0 Å². The minimum absolute atomic E-state index is 0.0153. The second-order valence-electron chi connectivity index (χ2n) is 6.38. The minimum atomic E-state index is -0.572. The van der Waals surface area contributed by atoms with E-state index in [-0.39, 0.29) is 29.3 Å². The highest BCUT2D eigenvalue weighted by Gasteiger charge is 2.29. The van der Waals surface area contributed by atoms with Crippen LogP contribution in [0.1, 0.15) is 43.1 Å². The number of amidine groups is 2. The quantitative estimate of drug-likeness (QED) is 0.769. The zero-order valence-electron chi connectivity index (χ0n) is 15.6. The molecule has 2 amide bonds. The van der Waals surface area contributed by atoms with E-state index < -0.39 is 5.91 Å². The highest BCUT2D eigenvalue weighted by Crippen LogP contribution is 2.25. The van der Waals surface area contributed by atoms with Gasteiger partial charge in [0.25, 0.3) is 5.91 Å². The van der Waals surface area contributed by atoms with Gasteiger partial charge in [0.05, 0.1) is 12.2 Å². The Morgan fingerprint density at radius 3 is 2.70 bits per heavy atom. The van der Waals surface area contributed by atoms with E-state index in [0.717, 1.165) is 6.42 Å². The summed E-state index contributed by atoms with van der Waals surface area (Å²) in [7, 11) is 1.73. The van der Waals surface area contributed by atoms with E-state index in [9.17, 15) is 9.59 Å². The lowest BCUT2D eigenvalue weighted by Crippen LogP contribution is -2.33. The number of hydrogen-bond donors (Lipinski definition) is 0. The fourth-order valence-corrected chi connectivity index (χ4v) is 2.42. The van der Waals surface area contributed by atoms with Gasteiger partial charge in [-0.05, 0) is 43.7 Å². The average Bonchev–Trinajstić information content (AvgIpc) is 3.14. The Bertz CT molecular complexity index is 914. The van der Waals surface area contributed by atoms with Crippen LogP contribution in [0.4, 0.5) is 0 Å². The van der Waals surface area contributed by atoms with Crippen LogP contribution in [-0.2, 0) is 4.79 Å². The number of fused-ring (bicyclic) bond motifs is 1. The highest BCUT2D eigenvalue weighted by atomic mass is 16.5. The molecule has 0 radical (unpaired) electrons. The number of nitrogens with zero attached hydrogens (tertiary/aromatic N) is 6. The van der Waals surface area contributed by atoms with Crippen molar-refractivity contribution in [2.24, 2.45) is 25.4 Å². The Hall–Kier alpha value is -3.23. The molecule has 0 fully saturated rings. The zero-order chi connectivity index (χ0) is 19.6. The van der Waals surface area contributed by atoms with Gasteiger partial charge in [0, 0.05) is 18.7 Å². The molecule has 0 atom stereocenters. The molecule has 2 aliphatic rings. The summed E-state index contributed by atoms with van der Waals surface area (Å²) in [6, 6.07) is 5.06. The smallest absolute Gasteiger partial charge is 0.303 e. The number of aliphatic imine (C=N–C) groups is 2. The van der Waals surface area contributed by atoms with E-state index in [0.29, 0.717) is 23.5 Å². The SMILES string of the molecule is CCCOc1ccc(C(=O)N(C)C(C)C)cc1C1=NC(=O)C2=NN=NC2=N1. The van der Waals surface area contributed by atoms with Crippen LogP contribution in [0.5, 0.6) is 5.75 Å². The zero-order valence-corrected chi connectivity index (χ0v) is 15.6. The largest absolute Gasteiger partial charge is 0.493 e. The Morgan fingerprint density at radius 1 is 1.22 bits per heavy atom. The van der Waals surface area contributed by atoms with Crippen molar-refractivity contribution in [1.82, 2.24) is 4.90 Å². The maximum atomic E-state index is 12.7. The van der Waals surface area contributed by atoms with Crippen LogP contribution < -0.4 is 4.74 Å². The molecular formula is C18H20N6O3. The number of amides is 2. The van der Waals surface area contributed by atoms with E-state index >= 15 is 0 Å². The van der Waals surface area contributed by atoms with Crippen molar-refractivity contribution in [3.8, 4) is 5.75 Å². The summed E-state index contributed by atoms with van der Waals surface area (Å²) in [6.07, 6.45) is 0.807. The summed E-state index contributed by atoms with van der Waals surface area (Å²) in [5.41, 5.74) is 0.919. The lowest BCUT2D eigenvalue weighted by molar-refractivity contribution is -0.111. The molecule has 0 aromatic heterocycles. The molecule has 2 aliphatic heterocycles. The number of hydrogen-bond acceptors (Lipinski definition) is 7. The first kappa shape index (κ1) is 18.6. The molecule has 0 spiro atoms. The van der Waals surface area contributed by atoms with E-state index in [1.165, 1.54) is 0 Å². The van der Waals surface area contributed by atoms with E-state index in [4.69, 9.17) is 4.74 Å².